The van der Waals surface area contributed by atoms with E-state index < -0.39 is 11.9 Å². The third kappa shape index (κ3) is 3.92. The molecule has 0 aliphatic carbocycles. The van der Waals surface area contributed by atoms with E-state index in [-0.39, 0.29) is 47.9 Å². The van der Waals surface area contributed by atoms with Crippen molar-refractivity contribution in [2.24, 2.45) is 0 Å². The van der Waals surface area contributed by atoms with Gasteiger partial charge < -0.3 is 11.3 Å². The molecule has 4 nitrogen and oxygen atoms in total. The average Bonchev–Trinajstić information content (AvgIpc) is 2.40. The van der Waals surface area contributed by atoms with Crippen LogP contribution < -0.4 is 29.6 Å². The molecule has 1 N–H and O–H groups in total. The molecular formula is C14H11NaO4. The second kappa shape index (κ2) is 7.09. The Morgan fingerprint density at radius 3 is 2.11 bits per heavy atom. The number of para-hydroxylation sites is 1. The van der Waals surface area contributed by atoms with E-state index in [0.29, 0.717) is 0 Å². The first kappa shape index (κ1) is 15.4. The molecule has 0 amide bonds. The molecule has 0 heterocycles. The van der Waals surface area contributed by atoms with E-state index >= 15 is 0 Å². The summed E-state index contributed by atoms with van der Waals surface area (Å²) >= 11 is 0. The van der Waals surface area contributed by atoms with Gasteiger partial charge >= 0.3 is 41.5 Å². The number of ether oxygens (including phenoxy) is 1. The van der Waals surface area contributed by atoms with Gasteiger partial charge in [0, 0.05) is 0 Å². The minimum absolute atomic E-state index is 0. The SMILES string of the molecule is O=C(OC(=O)c1ccccc1O)c1ccccc1.[H-].[Na+]. The molecule has 0 spiro atoms. The smallest absolute Gasteiger partial charge is 1.00 e. The summed E-state index contributed by atoms with van der Waals surface area (Å²) in [7, 11) is 0. The first-order valence-electron chi connectivity index (χ1n) is 5.28. The number of carbonyl (C=O) groups excluding carboxylic acids is 2. The fraction of sp³-hybridized carbons (Fsp3) is 0. The van der Waals surface area contributed by atoms with E-state index in [1.165, 1.54) is 12.1 Å². The second-order valence-corrected chi connectivity index (χ2v) is 3.56. The van der Waals surface area contributed by atoms with Gasteiger partial charge in [0.25, 0.3) is 0 Å². The number of carbonyl (C=O) groups is 2. The minimum Gasteiger partial charge on any atom is -1.00 e. The molecule has 2 rings (SSSR count). The maximum Gasteiger partial charge on any atom is 1.00 e. The van der Waals surface area contributed by atoms with Gasteiger partial charge in [-0.1, -0.05) is 30.3 Å². The summed E-state index contributed by atoms with van der Waals surface area (Å²) in [5, 5.41) is 9.45. The first-order chi connectivity index (χ1) is 8.68. The maximum absolute atomic E-state index is 11.6. The fourth-order valence-electron chi connectivity index (χ4n) is 1.42. The summed E-state index contributed by atoms with van der Waals surface area (Å²) in [4.78, 5) is 23.3. The molecule has 2 aromatic rings. The number of phenols is 1. The van der Waals surface area contributed by atoms with E-state index in [0.717, 1.165) is 0 Å². The van der Waals surface area contributed by atoms with Crippen molar-refractivity contribution in [1.82, 2.24) is 0 Å². The Labute approximate surface area is 133 Å². The molecule has 0 fully saturated rings. The van der Waals surface area contributed by atoms with E-state index in [4.69, 9.17) is 0 Å². The summed E-state index contributed by atoms with van der Waals surface area (Å²) in [6.07, 6.45) is 0. The van der Waals surface area contributed by atoms with Gasteiger partial charge in [0.15, 0.2) is 0 Å². The zero-order valence-corrected chi connectivity index (χ0v) is 12.4. The molecule has 0 atom stereocenters. The summed E-state index contributed by atoms with van der Waals surface area (Å²) in [5.74, 6) is -1.84. The summed E-state index contributed by atoms with van der Waals surface area (Å²) in [5.41, 5.74) is 0.239. The van der Waals surface area contributed by atoms with Crippen molar-refractivity contribution in [3.8, 4) is 5.75 Å². The zero-order chi connectivity index (χ0) is 13.0. The number of phenolic OH excluding ortho intramolecular Hbond substituents is 1. The van der Waals surface area contributed by atoms with Crippen molar-refractivity contribution < 1.29 is 50.4 Å². The Bertz CT molecular complexity index is 587. The van der Waals surface area contributed by atoms with Gasteiger partial charge in [0.05, 0.1) is 5.56 Å². The van der Waals surface area contributed by atoms with Gasteiger partial charge in [0.2, 0.25) is 0 Å². The number of esters is 2. The van der Waals surface area contributed by atoms with Crippen molar-refractivity contribution in [3.63, 3.8) is 0 Å². The van der Waals surface area contributed by atoms with Gasteiger partial charge in [-0.2, -0.15) is 0 Å². The molecule has 0 aliphatic rings. The van der Waals surface area contributed by atoms with Crippen LogP contribution in [0.15, 0.2) is 54.6 Å². The summed E-state index contributed by atoms with van der Waals surface area (Å²) in [6, 6.07) is 14.1. The molecule has 2 aromatic carbocycles. The van der Waals surface area contributed by atoms with Crippen LogP contribution in [0.2, 0.25) is 0 Å². The Morgan fingerprint density at radius 1 is 0.895 bits per heavy atom. The summed E-state index contributed by atoms with van der Waals surface area (Å²) in [6.45, 7) is 0. The van der Waals surface area contributed by atoms with Crippen molar-refractivity contribution in [2.45, 2.75) is 0 Å². The predicted molar refractivity (Wildman–Crippen MR) is 65.4 cm³/mol. The van der Waals surface area contributed by atoms with Crippen LogP contribution in [0, 0.1) is 0 Å². The minimum atomic E-state index is -0.873. The molecule has 0 radical (unpaired) electrons. The molecule has 0 unspecified atom stereocenters. The third-order valence-corrected chi connectivity index (χ3v) is 2.32. The molecule has 0 bridgehead atoms. The van der Waals surface area contributed by atoms with Crippen LogP contribution in [0.1, 0.15) is 22.1 Å². The first-order valence-corrected chi connectivity index (χ1v) is 5.28. The quantitative estimate of drug-likeness (QED) is 0.452. The number of rotatable bonds is 2. The topological polar surface area (TPSA) is 63.6 Å². The van der Waals surface area contributed by atoms with Gasteiger partial charge in [-0.05, 0) is 24.3 Å². The molecule has 0 saturated heterocycles. The molecular weight excluding hydrogens is 255 g/mol. The Balaban J connectivity index is 0.00000180. The zero-order valence-electron chi connectivity index (χ0n) is 11.4. The largest absolute Gasteiger partial charge is 1.00 e. The molecule has 0 aliphatic heterocycles. The molecule has 19 heavy (non-hydrogen) atoms. The molecule has 0 saturated carbocycles. The maximum atomic E-state index is 11.6. The molecule has 92 valence electrons. The number of benzene rings is 2. The van der Waals surface area contributed by atoms with E-state index in [9.17, 15) is 14.7 Å². The van der Waals surface area contributed by atoms with E-state index in [1.54, 1.807) is 42.5 Å². The molecule has 0 aromatic heterocycles. The van der Waals surface area contributed by atoms with Crippen molar-refractivity contribution in [1.29, 1.82) is 0 Å². The van der Waals surface area contributed by atoms with Crippen molar-refractivity contribution >= 4 is 11.9 Å². The second-order valence-electron chi connectivity index (χ2n) is 3.56. The predicted octanol–water partition coefficient (Wildman–Crippen LogP) is -0.494. The number of hydrogen-bond donors (Lipinski definition) is 1. The Kier molecular flexibility index (Phi) is 5.76. The Hall–Kier alpha value is -1.62. The van der Waals surface area contributed by atoms with Crippen LogP contribution in [0.5, 0.6) is 5.75 Å². The van der Waals surface area contributed by atoms with Crippen LogP contribution in [-0.2, 0) is 4.74 Å². The third-order valence-electron chi connectivity index (χ3n) is 2.32. The van der Waals surface area contributed by atoms with Gasteiger partial charge in [-0.3, -0.25) is 0 Å². The molecule has 5 heteroatoms. The van der Waals surface area contributed by atoms with Crippen molar-refractivity contribution in [3.05, 3.63) is 65.7 Å². The number of hydrogen-bond acceptors (Lipinski definition) is 4. The van der Waals surface area contributed by atoms with Gasteiger partial charge in [-0.15, -0.1) is 0 Å². The number of aromatic hydroxyl groups is 1. The average molecular weight is 266 g/mol. The van der Waals surface area contributed by atoms with E-state index in [2.05, 4.69) is 4.74 Å². The van der Waals surface area contributed by atoms with Crippen molar-refractivity contribution in [2.75, 3.05) is 0 Å². The van der Waals surface area contributed by atoms with Gasteiger partial charge in [0.1, 0.15) is 11.3 Å². The van der Waals surface area contributed by atoms with E-state index in [1.807, 2.05) is 0 Å². The van der Waals surface area contributed by atoms with Gasteiger partial charge in [-0.25, -0.2) is 9.59 Å². The van der Waals surface area contributed by atoms with Crippen LogP contribution in [0.3, 0.4) is 0 Å². The normalized spacial score (nSPS) is 9.26. The van der Waals surface area contributed by atoms with Crippen LogP contribution in [0.4, 0.5) is 0 Å². The fourth-order valence-corrected chi connectivity index (χ4v) is 1.42. The standard InChI is InChI=1S/C14H10O4.Na.H/c15-12-9-5-4-8-11(12)14(17)18-13(16)10-6-2-1-3-7-10;;/h1-9,15H;;/q;+1;-1. The van der Waals surface area contributed by atoms with Crippen LogP contribution >= 0.6 is 0 Å². The Morgan fingerprint density at radius 2 is 1.47 bits per heavy atom. The van der Waals surface area contributed by atoms with Crippen LogP contribution in [-0.4, -0.2) is 17.0 Å². The monoisotopic (exact) mass is 266 g/mol. The van der Waals surface area contributed by atoms with Crippen LogP contribution in [0.25, 0.3) is 0 Å². The summed E-state index contributed by atoms with van der Waals surface area (Å²) < 4.78 is 4.67.